The van der Waals surface area contributed by atoms with Crippen molar-refractivity contribution in [2.75, 3.05) is 20.8 Å². The first-order valence-electron chi connectivity index (χ1n) is 7.45. The van der Waals surface area contributed by atoms with Crippen LogP contribution in [0.25, 0.3) is 6.08 Å². The lowest BCUT2D eigenvalue weighted by atomic mass is 10.1. The summed E-state index contributed by atoms with van der Waals surface area (Å²) in [6.45, 7) is 0.557. The summed E-state index contributed by atoms with van der Waals surface area (Å²) in [4.78, 5) is 11.9. The van der Waals surface area contributed by atoms with Gasteiger partial charge in [-0.05, 0) is 41.8 Å². The van der Waals surface area contributed by atoms with E-state index in [0.717, 1.165) is 29.0 Å². The van der Waals surface area contributed by atoms with Crippen LogP contribution in [-0.4, -0.2) is 26.7 Å². The first-order valence-corrected chi connectivity index (χ1v) is 7.45. The third-order valence-corrected chi connectivity index (χ3v) is 3.41. The third-order valence-electron chi connectivity index (χ3n) is 3.41. The van der Waals surface area contributed by atoms with Crippen molar-refractivity contribution >= 4 is 12.0 Å². The molecule has 23 heavy (non-hydrogen) atoms. The molecule has 1 amide bonds. The fourth-order valence-corrected chi connectivity index (χ4v) is 2.21. The van der Waals surface area contributed by atoms with Crippen molar-refractivity contribution in [2.24, 2.45) is 0 Å². The Kier molecular flexibility index (Phi) is 6.24. The minimum Gasteiger partial charge on any atom is -0.497 e. The Morgan fingerprint density at radius 3 is 2.70 bits per heavy atom. The third kappa shape index (κ3) is 5.18. The zero-order chi connectivity index (χ0) is 16.5. The Morgan fingerprint density at radius 1 is 1.09 bits per heavy atom. The highest BCUT2D eigenvalue weighted by molar-refractivity contribution is 5.91. The van der Waals surface area contributed by atoms with Gasteiger partial charge in [0.1, 0.15) is 11.5 Å². The average Bonchev–Trinajstić information content (AvgIpc) is 2.60. The summed E-state index contributed by atoms with van der Waals surface area (Å²) in [5.74, 6) is 1.49. The zero-order valence-corrected chi connectivity index (χ0v) is 13.4. The topological polar surface area (TPSA) is 47.6 Å². The second kappa shape index (κ2) is 8.63. The summed E-state index contributed by atoms with van der Waals surface area (Å²) in [7, 11) is 3.27. The fourth-order valence-electron chi connectivity index (χ4n) is 2.21. The molecule has 0 saturated heterocycles. The molecule has 2 aromatic carbocycles. The fraction of sp³-hybridized carbons (Fsp3) is 0.211. The van der Waals surface area contributed by atoms with Crippen LogP contribution in [0.4, 0.5) is 0 Å². The summed E-state index contributed by atoms with van der Waals surface area (Å²) in [6.07, 6.45) is 4.01. The zero-order valence-electron chi connectivity index (χ0n) is 13.4. The van der Waals surface area contributed by atoms with Crippen LogP contribution in [0, 0.1) is 0 Å². The number of amides is 1. The summed E-state index contributed by atoms with van der Waals surface area (Å²) in [5.41, 5.74) is 2.00. The molecule has 4 heteroatoms. The molecule has 0 unspecified atom stereocenters. The molecule has 4 nitrogen and oxygen atoms in total. The number of carbonyl (C=O) groups excluding carboxylic acids is 1. The van der Waals surface area contributed by atoms with E-state index < -0.39 is 0 Å². The first-order chi connectivity index (χ1) is 11.2. The molecule has 0 spiro atoms. The number of benzene rings is 2. The van der Waals surface area contributed by atoms with E-state index in [0.29, 0.717) is 6.54 Å². The molecule has 0 radical (unpaired) electrons. The molecule has 0 fully saturated rings. The predicted molar refractivity (Wildman–Crippen MR) is 91.7 cm³/mol. The monoisotopic (exact) mass is 311 g/mol. The molecule has 0 aliphatic rings. The molecule has 0 saturated carbocycles. The molecule has 120 valence electrons. The van der Waals surface area contributed by atoms with Crippen molar-refractivity contribution in [3.05, 3.63) is 65.7 Å². The van der Waals surface area contributed by atoms with Gasteiger partial charge in [0, 0.05) is 12.6 Å². The van der Waals surface area contributed by atoms with Gasteiger partial charge in [-0.3, -0.25) is 4.79 Å². The standard InChI is InChI=1S/C19H21NO3/c1-22-17-8-5-6-15(14-17)10-11-19(21)20-13-12-16-7-3-4-9-18(16)23-2/h3-11,14H,12-13H2,1-2H3,(H,20,21)/b11-10+. The highest BCUT2D eigenvalue weighted by Crippen LogP contribution is 2.17. The maximum absolute atomic E-state index is 11.9. The summed E-state index contributed by atoms with van der Waals surface area (Å²) in [6, 6.07) is 15.3. The van der Waals surface area contributed by atoms with Gasteiger partial charge in [0.2, 0.25) is 5.91 Å². The SMILES string of the molecule is COc1cccc(/C=C/C(=O)NCCc2ccccc2OC)c1. The Bertz CT molecular complexity index is 680. The van der Waals surface area contributed by atoms with E-state index in [4.69, 9.17) is 9.47 Å². The largest absolute Gasteiger partial charge is 0.497 e. The van der Waals surface area contributed by atoms with Gasteiger partial charge >= 0.3 is 0 Å². The molecule has 2 rings (SSSR count). The summed E-state index contributed by atoms with van der Waals surface area (Å²) < 4.78 is 10.4. The van der Waals surface area contributed by atoms with Crippen molar-refractivity contribution < 1.29 is 14.3 Å². The average molecular weight is 311 g/mol. The minimum absolute atomic E-state index is 0.122. The number of ether oxygens (including phenoxy) is 2. The van der Waals surface area contributed by atoms with Gasteiger partial charge < -0.3 is 14.8 Å². The smallest absolute Gasteiger partial charge is 0.244 e. The van der Waals surface area contributed by atoms with E-state index in [1.165, 1.54) is 6.08 Å². The lowest BCUT2D eigenvalue weighted by Gasteiger charge is -2.08. The molecular weight excluding hydrogens is 290 g/mol. The molecular formula is C19H21NO3. The van der Waals surface area contributed by atoms with Gasteiger partial charge in [-0.25, -0.2) is 0 Å². The molecule has 1 N–H and O–H groups in total. The van der Waals surface area contributed by atoms with Crippen molar-refractivity contribution in [1.82, 2.24) is 5.32 Å². The molecule has 0 aromatic heterocycles. The van der Waals surface area contributed by atoms with Crippen molar-refractivity contribution in [3.63, 3.8) is 0 Å². The lowest BCUT2D eigenvalue weighted by Crippen LogP contribution is -2.23. The normalized spacial score (nSPS) is 10.5. The Morgan fingerprint density at radius 2 is 1.91 bits per heavy atom. The van der Waals surface area contributed by atoms with Gasteiger partial charge in [-0.1, -0.05) is 30.3 Å². The van der Waals surface area contributed by atoms with Crippen LogP contribution < -0.4 is 14.8 Å². The van der Waals surface area contributed by atoms with Gasteiger partial charge in [0.15, 0.2) is 0 Å². The number of hydrogen-bond acceptors (Lipinski definition) is 3. The van der Waals surface area contributed by atoms with Crippen LogP contribution in [0.3, 0.4) is 0 Å². The molecule has 0 heterocycles. The number of para-hydroxylation sites is 1. The van der Waals surface area contributed by atoms with E-state index in [2.05, 4.69) is 5.32 Å². The maximum atomic E-state index is 11.9. The number of rotatable bonds is 7. The number of nitrogens with one attached hydrogen (secondary N) is 1. The summed E-state index contributed by atoms with van der Waals surface area (Å²) in [5, 5.41) is 2.87. The van der Waals surface area contributed by atoms with E-state index in [9.17, 15) is 4.79 Å². The van der Waals surface area contributed by atoms with E-state index in [1.807, 2.05) is 48.5 Å². The first kappa shape index (κ1) is 16.6. The van der Waals surface area contributed by atoms with Crippen LogP contribution in [-0.2, 0) is 11.2 Å². The van der Waals surface area contributed by atoms with Gasteiger partial charge in [-0.15, -0.1) is 0 Å². The van der Waals surface area contributed by atoms with E-state index in [-0.39, 0.29) is 5.91 Å². The highest BCUT2D eigenvalue weighted by atomic mass is 16.5. The Labute approximate surface area is 136 Å². The number of carbonyl (C=O) groups is 1. The van der Waals surface area contributed by atoms with Crippen LogP contribution in [0.1, 0.15) is 11.1 Å². The van der Waals surface area contributed by atoms with Crippen LogP contribution >= 0.6 is 0 Å². The second-order valence-corrected chi connectivity index (χ2v) is 4.96. The number of methoxy groups -OCH3 is 2. The molecule has 0 atom stereocenters. The number of hydrogen-bond donors (Lipinski definition) is 1. The molecule has 2 aromatic rings. The van der Waals surface area contributed by atoms with Gasteiger partial charge in [0.25, 0.3) is 0 Å². The highest BCUT2D eigenvalue weighted by Gasteiger charge is 2.02. The van der Waals surface area contributed by atoms with E-state index in [1.54, 1.807) is 20.3 Å². The minimum atomic E-state index is -0.122. The van der Waals surface area contributed by atoms with Crippen molar-refractivity contribution in [3.8, 4) is 11.5 Å². The summed E-state index contributed by atoms with van der Waals surface area (Å²) >= 11 is 0. The van der Waals surface area contributed by atoms with Crippen LogP contribution in [0.5, 0.6) is 11.5 Å². The van der Waals surface area contributed by atoms with Gasteiger partial charge in [0.05, 0.1) is 14.2 Å². The Balaban J connectivity index is 1.84. The predicted octanol–water partition coefficient (Wildman–Crippen LogP) is 3.08. The lowest BCUT2D eigenvalue weighted by molar-refractivity contribution is -0.116. The Hall–Kier alpha value is -2.75. The van der Waals surface area contributed by atoms with Crippen molar-refractivity contribution in [2.45, 2.75) is 6.42 Å². The molecule has 0 aliphatic carbocycles. The van der Waals surface area contributed by atoms with Crippen LogP contribution in [0.15, 0.2) is 54.6 Å². The second-order valence-electron chi connectivity index (χ2n) is 4.96. The van der Waals surface area contributed by atoms with Crippen LogP contribution in [0.2, 0.25) is 0 Å². The maximum Gasteiger partial charge on any atom is 0.244 e. The van der Waals surface area contributed by atoms with Gasteiger partial charge in [-0.2, -0.15) is 0 Å². The van der Waals surface area contributed by atoms with Crippen molar-refractivity contribution in [1.29, 1.82) is 0 Å². The quantitative estimate of drug-likeness (QED) is 0.799. The van der Waals surface area contributed by atoms with E-state index >= 15 is 0 Å². The molecule has 0 bridgehead atoms. The molecule has 0 aliphatic heterocycles.